The van der Waals surface area contributed by atoms with Crippen molar-refractivity contribution in [3.63, 3.8) is 0 Å². The number of hydrogen-bond acceptors (Lipinski definition) is 5. The summed E-state index contributed by atoms with van der Waals surface area (Å²) in [7, 11) is -1.52. The summed E-state index contributed by atoms with van der Waals surface area (Å²) in [5.74, 6) is -0.947. The molecule has 7 nitrogen and oxygen atoms in total. The van der Waals surface area contributed by atoms with Crippen LogP contribution in [-0.4, -0.2) is 35.1 Å². The monoisotopic (exact) mass is 492 g/mol. The van der Waals surface area contributed by atoms with Crippen LogP contribution in [0.2, 0.25) is 5.02 Å². The summed E-state index contributed by atoms with van der Waals surface area (Å²) in [4.78, 5) is 12.7. The zero-order valence-corrected chi connectivity index (χ0v) is 19.7. The van der Waals surface area contributed by atoms with E-state index in [1.165, 1.54) is 62.8 Å². The second kappa shape index (κ2) is 10.1. The molecule has 3 aromatic rings. The number of nitrogens with zero attached hydrogens (tertiary/aromatic N) is 1. The van der Waals surface area contributed by atoms with E-state index in [2.05, 4.69) is 5.32 Å². The fourth-order valence-corrected chi connectivity index (χ4v) is 5.02. The van der Waals surface area contributed by atoms with Crippen molar-refractivity contribution >= 4 is 38.9 Å². The first-order chi connectivity index (χ1) is 15.7. The molecule has 0 bridgehead atoms. The molecule has 1 amide bonds. The van der Waals surface area contributed by atoms with Gasteiger partial charge in [-0.25, -0.2) is 12.8 Å². The quantitative estimate of drug-likeness (QED) is 0.495. The number of benzene rings is 3. The molecule has 10 heteroatoms. The van der Waals surface area contributed by atoms with Gasteiger partial charge in [0.15, 0.2) is 0 Å². The molecular weight excluding hydrogens is 471 g/mol. The summed E-state index contributed by atoms with van der Waals surface area (Å²) in [5, 5.41) is 2.56. The van der Waals surface area contributed by atoms with Crippen LogP contribution in [0.1, 0.15) is 5.56 Å². The Balaban J connectivity index is 2.07. The van der Waals surface area contributed by atoms with Gasteiger partial charge in [-0.3, -0.25) is 9.10 Å². The number of aryl methyl sites for hydroxylation is 1. The van der Waals surface area contributed by atoms with Crippen LogP contribution < -0.4 is 19.1 Å². The van der Waals surface area contributed by atoms with E-state index in [1.54, 1.807) is 19.1 Å². The SMILES string of the molecule is COc1ccc(N(CC(=O)Nc2ccccc2F)S(=O)(=O)c2cc(C)ccc2OC)cc1Cl. The average molecular weight is 493 g/mol. The number of carbonyl (C=O) groups is 1. The molecule has 0 radical (unpaired) electrons. The summed E-state index contributed by atoms with van der Waals surface area (Å²) in [5.41, 5.74) is 0.728. The van der Waals surface area contributed by atoms with Gasteiger partial charge in [0.1, 0.15) is 28.8 Å². The second-order valence-corrected chi connectivity index (χ2v) is 9.25. The van der Waals surface area contributed by atoms with Gasteiger partial charge in [0.05, 0.1) is 30.6 Å². The van der Waals surface area contributed by atoms with Crippen molar-refractivity contribution in [3.05, 3.63) is 77.1 Å². The Kier molecular flexibility index (Phi) is 7.45. The Bertz CT molecular complexity index is 1280. The molecule has 0 unspecified atom stereocenters. The molecule has 0 aromatic heterocycles. The molecule has 3 aromatic carbocycles. The van der Waals surface area contributed by atoms with E-state index in [0.29, 0.717) is 11.3 Å². The van der Waals surface area contributed by atoms with Crippen molar-refractivity contribution in [1.82, 2.24) is 0 Å². The predicted molar refractivity (Wildman–Crippen MR) is 125 cm³/mol. The van der Waals surface area contributed by atoms with Crippen LogP contribution in [0, 0.1) is 12.7 Å². The van der Waals surface area contributed by atoms with Crippen LogP contribution in [0.3, 0.4) is 0 Å². The Morgan fingerprint density at radius 1 is 1.03 bits per heavy atom. The van der Waals surface area contributed by atoms with E-state index in [9.17, 15) is 17.6 Å². The summed E-state index contributed by atoms with van der Waals surface area (Å²) in [6.45, 7) is 1.09. The van der Waals surface area contributed by atoms with Gasteiger partial charge in [0, 0.05) is 0 Å². The maximum atomic E-state index is 14.0. The number of ether oxygens (including phenoxy) is 2. The lowest BCUT2D eigenvalue weighted by molar-refractivity contribution is -0.114. The second-order valence-electron chi connectivity index (χ2n) is 7.01. The number of halogens is 2. The highest BCUT2D eigenvalue weighted by Gasteiger charge is 2.31. The number of methoxy groups -OCH3 is 2. The molecule has 0 saturated heterocycles. The van der Waals surface area contributed by atoms with Crippen LogP contribution in [0.4, 0.5) is 15.8 Å². The third kappa shape index (κ3) is 5.37. The maximum absolute atomic E-state index is 14.0. The first-order valence-corrected chi connectivity index (χ1v) is 11.5. The molecule has 0 fully saturated rings. The number of carbonyl (C=O) groups excluding carboxylic acids is 1. The summed E-state index contributed by atoms with van der Waals surface area (Å²) in [6, 6.07) is 14.6. The summed E-state index contributed by atoms with van der Waals surface area (Å²) >= 11 is 6.22. The third-order valence-corrected chi connectivity index (χ3v) is 6.84. The number of rotatable bonds is 8. The molecule has 33 heavy (non-hydrogen) atoms. The van der Waals surface area contributed by atoms with E-state index >= 15 is 0 Å². The van der Waals surface area contributed by atoms with Gasteiger partial charge in [-0.05, 0) is 55.0 Å². The standard InChI is InChI=1S/C23H22ClFN2O5S/c1-15-8-10-21(32-3)22(12-15)33(29,30)27(16-9-11-20(31-2)17(24)13-16)14-23(28)26-19-7-5-4-6-18(19)25/h4-13H,14H2,1-3H3,(H,26,28). The van der Waals surface area contributed by atoms with Crippen LogP contribution >= 0.6 is 11.6 Å². The first kappa shape index (κ1) is 24.3. The summed E-state index contributed by atoms with van der Waals surface area (Å²) < 4.78 is 52.7. The molecule has 0 aliphatic carbocycles. The number of sulfonamides is 1. The molecule has 0 aliphatic heterocycles. The Morgan fingerprint density at radius 3 is 2.33 bits per heavy atom. The van der Waals surface area contributed by atoms with Crippen LogP contribution in [0.15, 0.2) is 65.6 Å². The molecule has 0 saturated carbocycles. The Morgan fingerprint density at radius 2 is 1.70 bits per heavy atom. The lowest BCUT2D eigenvalue weighted by Gasteiger charge is -2.25. The number of para-hydroxylation sites is 1. The largest absolute Gasteiger partial charge is 0.495 e. The zero-order valence-electron chi connectivity index (χ0n) is 18.1. The lowest BCUT2D eigenvalue weighted by atomic mass is 10.2. The number of nitrogens with one attached hydrogen (secondary N) is 1. The van der Waals surface area contributed by atoms with E-state index in [-0.39, 0.29) is 27.0 Å². The van der Waals surface area contributed by atoms with E-state index in [1.807, 2.05) is 0 Å². The van der Waals surface area contributed by atoms with Crippen LogP contribution in [0.5, 0.6) is 11.5 Å². The first-order valence-electron chi connectivity index (χ1n) is 9.72. The Labute approximate surface area is 196 Å². The highest BCUT2D eigenvalue weighted by molar-refractivity contribution is 7.93. The Hall–Kier alpha value is -3.30. The lowest BCUT2D eigenvalue weighted by Crippen LogP contribution is -2.38. The van der Waals surface area contributed by atoms with Crippen molar-refractivity contribution in [3.8, 4) is 11.5 Å². The van der Waals surface area contributed by atoms with E-state index in [4.69, 9.17) is 21.1 Å². The van der Waals surface area contributed by atoms with Crippen molar-refractivity contribution < 1.29 is 27.1 Å². The molecule has 3 rings (SSSR count). The molecule has 174 valence electrons. The van der Waals surface area contributed by atoms with Crippen LogP contribution in [0.25, 0.3) is 0 Å². The molecule has 1 N–H and O–H groups in total. The van der Waals surface area contributed by atoms with Crippen molar-refractivity contribution in [1.29, 1.82) is 0 Å². The third-order valence-electron chi connectivity index (χ3n) is 4.75. The fraction of sp³-hybridized carbons (Fsp3) is 0.174. The smallest absolute Gasteiger partial charge is 0.268 e. The van der Waals surface area contributed by atoms with Gasteiger partial charge in [0.25, 0.3) is 10.0 Å². The number of anilines is 2. The highest BCUT2D eigenvalue weighted by atomic mass is 35.5. The van der Waals surface area contributed by atoms with Gasteiger partial charge in [0.2, 0.25) is 5.91 Å². The molecule has 0 atom stereocenters. The van der Waals surface area contributed by atoms with Crippen molar-refractivity contribution in [2.24, 2.45) is 0 Å². The van der Waals surface area contributed by atoms with Gasteiger partial charge in [-0.2, -0.15) is 0 Å². The summed E-state index contributed by atoms with van der Waals surface area (Å²) in [6.07, 6.45) is 0. The fourth-order valence-electron chi connectivity index (χ4n) is 3.11. The predicted octanol–water partition coefficient (Wildman–Crippen LogP) is 4.64. The zero-order chi connectivity index (χ0) is 24.2. The van der Waals surface area contributed by atoms with Crippen molar-refractivity contribution in [2.45, 2.75) is 11.8 Å². The van der Waals surface area contributed by atoms with Crippen LogP contribution in [-0.2, 0) is 14.8 Å². The van der Waals surface area contributed by atoms with Gasteiger partial charge in [-0.1, -0.05) is 29.8 Å². The molecule has 0 heterocycles. The van der Waals surface area contributed by atoms with Gasteiger partial charge >= 0.3 is 0 Å². The van der Waals surface area contributed by atoms with Gasteiger partial charge < -0.3 is 14.8 Å². The average Bonchev–Trinajstić information content (AvgIpc) is 2.79. The number of hydrogen-bond donors (Lipinski definition) is 1. The maximum Gasteiger partial charge on any atom is 0.268 e. The number of amides is 1. The minimum Gasteiger partial charge on any atom is -0.495 e. The van der Waals surface area contributed by atoms with E-state index < -0.39 is 28.3 Å². The molecular formula is C23H22ClFN2O5S. The molecule has 0 spiro atoms. The minimum atomic E-state index is -4.30. The topological polar surface area (TPSA) is 84.9 Å². The normalized spacial score (nSPS) is 11.1. The minimum absolute atomic E-state index is 0.0688. The van der Waals surface area contributed by atoms with Gasteiger partial charge in [-0.15, -0.1) is 0 Å². The molecule has 0 aliphatic rings. The highest BCUT2D eigenvalue weighted by Crippen LogP contribution is 2.34. The van der Waals surface area contributed by atoms with Crippen molar-refractivity contribution in [2.75, 3.05) is 30.4 Å². The van der Waals surface area contributed by atoms with E-state index in [0.717, 1.165) is 4.31 Å².